The second-order valence-electron chi connectivity index (χ2n) is 4.13. The number of pyridine rings is 1. The average Bonchev–Trinajstić information content (AvgIpc) is 2.74. The van der Waals surface area contributed by atoms with Gasteiger partial charge in [-0.2, -0.15) is 5.10 Å². The van der Waals surface area contributed by atoms with E-state index in [1.165, 1.54) is 0 Å². The minimum absolute atomic E-state index is 0.0128. The number of hydrogen-bond acceptors (Lipinski definition) is 3. The number of halogens is 1. The van der Waals surface area contributed by atoms with Gasteiger partial charge in [0.1, 0.15) is 0 Å². The maximum Gasteiger partial charge on any atom is 0.153 e. The Morgan fingerprint density at radius 1 is 1.41 bits per heavy atom. The van der Waals surface area contributed by atoms with Gasteiger partial charge >= 0.3 is 0 Å². The maximum absolute atomic E-state index is 9.28. The highest BCUT2D eigenvalue weighted by atomic mass is 35.5. The summed E-state index contributed by atoms with van der Waals surface area (Å²) in [6.07, 6.45) is 3.37. The van der Waals surface area contributed by atoms with Crippen molar-refractivity contribution in [1.82, 2.24) is 14.8 Å². The number of rotatable bonds is 3. The monoisotopic (exact) mass is 251 g/mol. The zero-order chi connectivity index (χ0) is 12.4. The molecule has 0 aliphatic heterocycles. The van der Waals surface area contributed by atoms with Crippen LogP contribution in [-0.4, -0.2) is 19.9 Å². The first kappa shape index (κ1) is 12.1. The molecule has 2 heterocycles. The maximum atomic E-state index is 9.28. The number of aliphatic hydroxyl groups excluding tert-OH is 1. The third-order valence-electron chi connectivity index (χ3n) is 2.49. The van der Waals surface area contributed by atoms with Gasteiger partial charge in [-0.1, -0.05) is 25.4 Å². The van der Waals surface area contributed by atoms with Crippen molar-refractivity contribution in [3.63, 3.8) is 0 Å². The molecule has 1 N–H and O–H groups in total. The number of nitrogens with zero attached hydrogens (tertiary/aromatic N) is 3. The first-order chi connectivity index (χ1) is 8.11. The van der Waals surface area contributed by atoms with E-state index in [1.54, 1.807) is 29.2 Å². The minimum atomic E-state index is -0.0128. The van der Waals surface area contributed by atoms with Gasteiger partial charge in [0, 0.05) is 18.0 Å². The van der Waals surface area contributed by atoms with E-state index in [1.807, 2.05) is 13.8 Å². The van der Waals surface area contributed by atoms with Crippen molar-refractivity contribution in [3.8, 4) is 5.82 Å². The molecule has 17 heavy (non-hydrogen) atoms. The van der Waals surface area contributed by atoms with Crippen molar-refractivity contribution in [2.24, 2.45) is 0 Å². The van der Waals surface area contributed by atoms with Crippen molar-refractivity contribution in [3.05, 3.63) is 40.8 Å². The summed E-state index contributed by atoms with van der Waals surface area (Å²) in [5.74, 6) is 0.960. The topological polar surface area (TPSA) is 50.9 Å². The molecule has 0 aromatic carbocycles. The summed E-state index contributed by atoms with van der Waals surface area (Å²) in [7, 11) is 0. The van der Waals surface area contributed by atoms with Gasteiger partial charge in [-0.25, -0.2) is 9.67 Å². The van der Waals surface area contributed by atoms with Gasteiger partial charge in [-0.05, 0) is 18.1 Å². The minimum Gasteiger partial charge on any atom is -0.392 e. The van der Waals surface area contributed by atoms with Crippen LogP contribution >= 0.6 is 11.6 Å². The molecule has 0 fully saturated rings. The molecule has 2 aromatic heterocycles. The van der Waals surface area contributed by atoms with Crippen LogP contribution in [0.25, 0.3) is 5.82 Å². The Labute approximate surface area is 105 Å². The molecule has 0 unspecified atom stereocenters. The lowest BCUT2D eigenvalue weighted by Crippen LogP contribution is -1.99. The van der Waals surface area contributed by atoms with Crippen molar-refractivity contribution in [1.29, 1.82) is 0 Å². The molecule has 2 aromatic rings. The summed E-state index contributed by atoms with van der Waals surface area (Å²) in [5.41, 5.74) is 1.72. The van der Waals surface area contributed by atoms with Gasteiger partial charge in [0.15, 0.2) is 5.82 Å². The van der Waals surface area contributed by atoms with Crippen molar-refractivity contribution in [2.75, 3.05) is 0 Å². The first-order valence-corrected chi connectivity index (χ1v) is 5.81. The standard InChI is InChI=1S/C12H14ClN3O/c1-8(2)12-9(7-17)6-16(15-12)11-4-3-10(13)5-14-11/h3-6,8,17H,7H2,1-2H3. The van der Waals surface area contributed by atoms with Gasteiger partial charge in [0.25, 0.3) is 0 Å². The van der Waals surface area contributed by atoms with Crippen LogP contribution in [-0.2, 0) is 6.61 Å². The highest BCUT2D eigenvalue weighted by Gasteiger charge is 2.12. The Morgan fingerprint density at radius 2 is 2.18 bits per heavy atom. The molecule has 0 spiro atoms. The van der Waals surface area contributed by atoms with E-state index in [0.29, 0.717) is 10.8 Å². The highest BCUT2D eigenvalue weighted by molar-refractivity contribution is 6.30. The molecular weight excluding hydrogens is 238 g/mol. The molecule has 90 valence electrons. The van der Waals surface area contributed by atoms with E-state index in [4.69, 9.17) is 11.6 Å². The molecule has 0 saturated carbocycles. The summed E-state index contributed by atoms with van der Waals surface area (Å²) in [4.78, 5) is 4.18. The summed E-state index contributed by atoms with van der Waals surface area (Å²) in [6.45, 7) is 4.07. The largest absolute Gasteiger partial charge is 0.392 e. The predicted molar refractivity (Wildman–Crippen MR) is 66.4 cm³/mol. The fourth-order valence-corrected chi connectivity index (χ4v) is 1.76. The average molecular weight is 252 g/mol. The quantitative estimate of drug-likeness (QED) is 0.912. The zero-order valence-corrected chi connectivity index (χ0v) is 10.5. The van der Waals surface area contributed by atoms with E-state index in [-0.39, 0.29) is 12.5 Å². The molecule has 0 aliphatic carbocycles. The third-order valence-corrected chi connectivity index (χ3v) is 2.71. The second kappa shape index (κ2) is 4.85. The van der Waals surface area contributed by atoms with Crippen LogP contribution in [0.15, 0.2) is 24.5 Å². The Morgan fingerprint density at radius 3 is 2.65 bits per heavy atom. The van der Waals surface area contributed by atoms with Crippen molar-refractivity contribution in [2.45, 2.75) is 26.4 Å². The number of hydrogen-bond donors (Lipinski definition) is 1. The lowest BCUT2D eigenvalue weighted by Gasteiger charge is -2.02. The van der Waals surface area contributed by atoms with Crippen LogP contribution in [0.4, 0.5) is 0 Å². The van der Waals surface area contributed by atoms with E-state index in [0.717, 1.165) is 11.3 Å². The molecule has 2 rings (SSSR count). The summed E-state index contributed by atoms with van der Waals surface area (Å²) >= 11 is 5.78. The van der Waals surface area contributed by atoms with E-state index >= 15 is 0 Å². The van der Waals surface area contributed by atoms with Gasteiger partial charge < -0.3 is 5.11 Å². The summed E-state index contributed by atoms with van der Waals surface area (Å²) in [6, 6.07) is 3.56. The van der Waals surface area contributed by atoms with Crippen LogP contribution in [0.3, 0.4) is 0 Å². The normalized spacial score (nSPS) is 11.1. The molecule has 0 amide bonds. The molecule has 0 radical (unpaired) electrons. The van der Waals surface area contributed by atoms with Gasteiger partial charge in [0.2, 0.25) is 0 Å². The first-order valence-electron chi connectivity index (χ1n) is 5.43. The van der Waals surface area contributed by atoms with E-state index < -0.39 is 0 Å². The molecule has 0 saturated heterocycles. The van der Waals surface area contributed by atoms with Crippen LogP contribution < -0.4 is 0 Å². The van der Waals surface area contributed by atoms with E-state index in [2.05, 4.69) is 10.1 Å². The van der Waals surface area contributed by atoms with Gasteiger partial charge in [-0.15, -0.1) is 0 Å². The number of aliphatic hydroxyl groups is 1. The smallest absolute Gasteiger partial charge is 0.153 e. The molecule has 0 bridgehead atoms. The highest BCUT2D eigenvalue weighted by Crippen LogP contribution is 2.19. The molecule has 0 aliphatic rings. The zero-order valence-electron chi connectivity index (χ0n) is 9.76. The molecular formula is C12H14ClN3O. The molecule has 5 heteroatoms. The summed E-state index contributed by atoms with van der Waals surface area (Å²) < 4.78 is 1.66. The fraction of sp³-hybridized carbons (Fsp3) is 0.333. The molecule has 4 nitrogen and oxygen atoms in total. The van der Waals surface area contributed by atoms with Crippen LogP contribution in [0.5, 0.6) is 0 Å². The molecule has 0 atom stereocenters. The lowest BCUT2D eigenvalue weighted by molar-refractivity contribution is 0.280. The SMILES string of the molecule is CC(C)c1nn(-c2ccc(Cl)cn2)cc1CO. The second-order valence-corrected chi connectivity index (χ2v) is 4.57. The van der Waals surface area contributed by atoms with Crippen LogP contribution in [0.2, 0.25) is 5.02 Å². The Hall–Kier alpha value is -1.39. The van der Waals surface area contributed by atoms with Crippen LogP contribution in [0.1, 0.15) is 31.0 Å². The van der Waals surface area contributed by atoms with Gasteiger partial charge in [0.05, 0.1) is 17.3 Å². The number of aromatic nitrogens is 3. The van der Waals surface area contributed by atoms with Gasteiger partial charge in [-0.3, -0.25) is 0 Å². The fourth-order valence-electron chi connectivity index (χ4n) is 1.65. The Bertz CT molecular complexity index is 505. The van der Waals surface area contributed by atoms with Crippen LogP contribution in [0, 0.1) is 0 Å². The lowest BCUT2D eigenvalue weighted by atomic mass is 10.1. The van der Waals surface area contributed by atoms with E-state index in [9.17, 15) is 5.11 Å². The van der Waals surface area contributed by atoms with Crippen molar-refractivity contribution >= 4 is 11.6 Å². The van der Waals surface area contributed by atoms with Crippen molar-refractivity contribution < 1.29 is 5.11 Å². The predicted octanol–water partition coefficient (Wildman–Crippen LogP) is 2.54. The Balaban J connectivity index is 2.42. The third kappa shape index (κ3) is 2.48. The summed E-state index contributed by atoms with van der Waals surface area (Å²) in [5, 5.41) is 14.3. The Kier molecular flexibility index (Phi) is 3.45.